The Hall–Kier alpha value is -1.24. The van der Waals surface area contributed by atoms with Crippen LogP contribution in [0, 0.1) is 16.7 Å². The highest BCUT2D eigenvalue weighted by molar-refractivity contribution is 5.78. The van der Waals surface area contributed by atoms with Gasteiger partial charge in [0.05, 0.1) is 18.0 Å². The van der Waals surface area contributed by atoms with Crippen molar-refractivity contribution in [1.29, 1.82) is 5.26 Å². The largest absolute Gasteiger partial charge is 0.370 e. The first-order chi connectivity index (χ1) is 8.24. The van der Waals surface area contributed by atoms with Crippen molar-refractivity contribution in [3.8, 4) is 6.07 Å². The van der Waals surface area contributed by atoms with Crippen molar-refractivity contribution in [2.45, 2.75) is 57.4 Å². The topological polar surface area (TPSA) is 74.2 Å². The molecule has 0 aromatic carbocycles. The fourth-order valence-electron chi connectivity index (χ4n) is 2.65. The van der Waals surface area contributed by atoms with Crippen molar-refractivity contribution in [3.05, 3.63) is 0 Å². The zero-order chi connectivity index (χ0) is 12.1. The molecule has 4 heteroatoms. The molecular weight excluding hydrogens is 212 g/mol. The van der Waals surface area contributed by atoms with Gasteiger partial charge in [-0.2, -0.15) is 5.26 Å². The van der Waals surface area contributed by atoms with Crippen molar-refractivity contribution in [2.75, 3.05) is 6.54 Å². The molecule has 4 nitrogen and oxygen atoms in total. The number of nitrogens with zero attached hydrogens (tertiary/aromatic N) is 2. The zero-order valence-corrected chi connectivity index (χ0v) is 10.4. The lowest BCUT2D eigenvalue weighted by molar-refractivity contribution is 0.226. The maximum absolute atomic E-state index is 9.09. The van der Waals surface area contributed by atoms with Crippen LogP contribution >= 0.6 is 0 Å². The van der Waals surface area contributed by atoms with Crippen LogP contribution in [0.5, 0.6) is 0 Å². The molecule has 0 spiro atoms. The summed E-state index contributed by atoms with van der Waals surface area (Å²) in [5.74, 6) is 0.526. The van der Waals surface area contributed by atoms with Gasteiger partial charge in [0.25, 0.3) is 0 Å². The molecule has 2 saturated carbocycles. The van der Waals surface area contributed by atoms with Gasteiger partial charge in [0.2, 0.25) is 0 Å². The maximum Gasteiger partial charge on any atom is 0.188 e. The third kappa shape index (κ3) is 3.12. The number of hydrogen-bond donors (Lipinski definition) is 2. The molecule has 2 fully saturated rings. The van der Waals surface area contributed by atoms with Crippen molar-refractivity contribution < 1.29 is 0 Å². The number of nitrogens with one attached hydrogen (secondary N) is 1. The minimum Gasteiger partial charge on any atom is -0.370 e. The van der Waals surface area contributed by atoms with Crippen LogP contribution in [-0.4, -0.2) is 18.5 Å². The molecule has 0 aliphatic heterocycles. The number of nitrogens with two attached hydrogens (primary N) is 1. The van der Waals surface area contributed by atoms with Crippen LogP contribution in [-0.2, 0) is 0 Å². The molecule has 0 radical (unpaired) electrons. The molecule has 0 aromatic rings. The van der Waals surface area contributed by atoms with Gasteiger partial charge in [-0.25, -0.2) is 0 Å². The van der Waals surface area contributed by atoms with E-state index >= 15 is 0 Å². The van der Waals surface area contributed by atoms with E-state index in [1.807, 2.05) is 0 Å². The van der Waals surface area contributed by atoms with Crippen LogP contribution in [0.25, 0.3) is 0 Å². The van der Waals surface area contributed by atoms with E-state index in [-0.39, 0.29) is 5.41 Å². The Morgan fingerprint density at radius 3 is 2.53 bits per heavy atom. The van der Waals surface area contributed by atoms with E-state index in [2.05, 4.69) is 16.4 Å². The van der Waals surface area contributed by atoms with E-state index in [1.165, 1.54) is 32.1 Å². The standard InChI is InChI=1S/C13H22N4/c14-9-13(7-4-8-13)10-16-12(15)17-11-5-2-1-3-6-11/h11H,1-8,10H2,(H3,15,16,17). The van der Waals surface area contributed by atoms with Crippen molar-refractivity contribution in [3.63, 3.8) is 0 Å². The van der Waals surface area contributed by atoms with Crippen LogP contribution in [0.2, 0.25) is 0 Å². The summed E-state index contributed by atoms with van der Waals surface area (Å²) in [7, 11) is 0. The molecule has 0 aromatic heterocycles. The highest BCUT2D eigenvalue weighted by Gasteiger charge is 2.37. The molecule has 0 saturated heterocycles. The van der Waals surface area contributed by atoms with Crippen LogP contribution in [0.15, 0.2) is 4.99 Å². The van der Waals surface area contributed by atoms with Crippen LogP contribution in [0.1, 0.15) is 51.4 Å². The monoisotopic (exact) mass is 234 g/mol. The van der Waals surface area contributed by atoms with Gasteiger partial charge < -0.3 is 11.1 Å². The fraction of sp³-hybridized carbons (Fsp3) is 0.846. The molecule has 0 atom stereocenters. The first kappa shape index (κ1) is 12.2. The number of rotatable bonds is 3. The van der Waals surface area contributed by atoms with Gasteiger partial charge in [-0.1, -0.05) is 25.7 Å². The third-order valence-electron chi connectivity index (χ3n) is 4.06. The lowest BCUT2D eigenvalue weighted by Crippen LogP contribution is -2.42. The van der Waals surface area contributed by atoms with Crippen LogP contribution in [0.4, 0.5) is 0 Å². The highest BCUT2D eigenvalue weighted by atomic mass is 15.1. The van der Waals surface area contributed by atoms with E-state index in [0.29, 0.717) is 18.5 Å². The second-order valence-electron chi connectivity index (χ2n) is 5.43. The van der Waals surface area contributed by atoms with Gasteiger partial charge >= 0.3 is 0 Å². The zero-order valence-electron chi connectivity index (χ0n) is 10.4. The van der Waals surface area contributed by atoms with Crippen molar-refractivity contribution in [2.24, 2.45) is 16.1 Å². The predicted molar refractivity (Wildman–Crippen MR) is 68.4 cm³/mol. The maximum atomic E-state index is 9.09. The summed E-state index contributed by atoms with van der Waals surface area (Å²) < 4.78 is 0. The first-order valence-electron chi connectivity index (χ1n) is 6.72. The minimum atomic E-state index is -0.209. The molecule has 2 rings (SSSR count). The molecule has 0 heterocycles. The summed E-state index contributed by atoms with van der Waals surface area (Å²) in [6, 6.07) is 2.88. The summed E-state index contributed by atoms with van der Waals surface area (Å²) in [5.41, 5.74) is 5.67. The van der Waals surface area contributed by atoms with Crippen LogP contribution < -0.4 is 11.1 Å². The Kier molecular flexibility index (Phi) is 3.88. The van der Waals surface area contributed by atoms with E-state index in [4.69, 9.17) is 11.0 Å². The molecule has 0 bridgehead atoms. The van der Waals surface area contributed by atoms with Gasteiger partial charge in [-0.15, -0.1) is 0 Å². The number of hydrogen-bond acceptors (Lipinski definition) is 2. The van der Waals surface area contributed by atoms with E-state index < -0.39 is 0 Å². The second kappa shape index (κ2) is 5.39. The molecular formula is C13H22N4. The third-order valence-corrected chi connectivity index (χ3v) is 4.06. The molecule has 2 aliphatic rings. The fourth-order valence-corrected chi connectivity index (χ4v) is 2.65. The SMILES string of the molecule is N#CC1(CN=C(N)NC2CCCCC2)CCC1. The Morgan fingerprint density at radius 2 is 2.00 bits per heavy atom. The minimum absolute atomic E-state index is 0.209. The first-order valence-corrected chi connectivity index (χ1v) is 6.72. The average Bonchev–Trinajstić information content (AvgIpc) is 2.29. The number of guanidine groups is 1. The summed E-state index contributed by atoms with van der Waals surface area (Å²) in [6.45, 7) is 0.565. The van der Waals surface area contributed by atoms with E-state index in [0.717, 1.165) is 19.3 Å². The van der Waals surface area contributed by atoms with E-state index in [9.17, 15) is 0 Å². The Morgan fingerprint density at radius 1 is 1.29 bits per heavy atom. The predicted octanol–water partition coefficient (Wildman–Crippen LogP) is 1.92. The van der Waals surface area contributed by atoms with Gasteiger partial charge in [-0.3, -0.25) is 4.99 Å². The summed E-state index contributed by atoms with van der Waals surface area (Å²) >= 11 is 0. The Labute approximate surface area is 103 Å². The van der Waals surface area contributed by atoms with Crippen LogP contribution in [0.3, 0.4) is 0 Å². The summed E-state index contributed by atoms with van der Waals surface area (Å²) in [4.78, 5) is 4.34. The number of aliphatic imine (C=N–C) groups is 1. The summed E-state index contributed by atoms with van der Waals surface area (Å²) in [6.07, 6.45) is 9.40. The van der Waals surface area contributed by atoms with Gasteiger partial charge in [0.1, 0.15) is 0 Å². The number of nitriles is 1. The lowest BCUT2D eigenvalue weighted by Gasteiger charge is -2.33. The second-order valence-corrected chi connectivity index (χ2v) is 5.43. The normalized spacial score (nSPS) is 24.8. The molecule has 0 unspecified atom stereocenters. The smallest absolute Gasteiger partial charge is 0.188 e. The molecule has 2 aliphatic carbocycles. The van der Waals surface area contributed by atoms with Gasteiger partial charge in [0.15, 0.2) is 5.96 Å². The Bertz CT molecular complexity index is 319. The molecule has 17 heavy (non-hydrogen) atoms. The van der Waals surface area contributed by atoms with E-state index in [1.54, 1.807) is 0 Å². The van der Waals surface area contributed by atoms with Crippen molar-refractivity contribution >= 4 is 5.96 Å². The molecule has 3 N–H and O–H groups in total. The molecule has 0 amide bonds. The lowest BCUT2D eigenvalue weighted by atomic mass is 9.70. The van der Waals surface area contributed by atoms with Crippen molar-refractivity contribution in [1.82, 2.24) is 5.32 Å². The molecule has 94 valence electrons. The van der Waals surface area contributed by atoms with Gasteiger partial charge in [-0.05, 0) is 25.7 Å². The quantitative estimate of drug-likeness (QED) is 0.578. The highest BCUT2D eigenvalue weighted by Crippen LogP contribution is 2.40. The summed E-state index contributed by atoms with van der Waals surface area (Å²) in [5, 5.41) is 12.4. The Balaban J connectivity index is 1.78. The average molecular weight is 234 g/mol. The van der Waals surface area contributed by atoms with Gasteiger partial charge in [0, 0.05) is 6.04 Å².